The Morgan fingerprint density at radius 2 is 1.53 bits per heavy atom. The number of ether oxygens (including phenoxy) is 1. The molecule has 0 aliphatic rings. The lowest BCUT2D eigenvalue weighted by Crippen LogP contribution is -2.46. The SMILES string of the molecule is CCCN(CCC)C(=O)c1cc(C)cc(C(=O)NC(Cc2cc(F)cc(F)c2)C(O)CCNC(=O)COCc2ccccc2)c1. The van der Waals surface area contributed by atoms with E-state index in [2.05, 4.69) is 10.6 Å². The number of hydrogen-bond acceptors (Lipinski definition) is 5. The molecule has 0 spiro atoms. The predicted molar refractivity (Wildman–Crippen MR) is 169 cm³/mol. The van der Waals surface area contributed by atoms with Crippen LogP contribution >= 0.6 is 0 Å². The van der Waals surface area contributed by atoms with Crippen molar-refractivity contribution in [2.24, 2.45) is 0 Å². The zero-order valence-corrected chi connectivity index (χ0v) is 26.2. The molecular formula is C35H43F2N3O5. The van der Waals surface area contributed by atoms with E-state index < -0.39 is 29.7 Å². The number of rotatable bonds is 17. The van der Waals surface area contributed by atoms with Crippen LogP contribution in [-0.4, -0.2) is 66.1 Å². The predicted octanol–water partition coefficient (Wildman–Crippen LogP) is 4.96. The summed E-state index contributed by atoms with van der Waals surface area (Å²) in [6.07, 6.45) is 0.391. The van der Waals surface area contributed by atoms with Crippen molar-refractivity contribution in [3.05, 3.63) is 106 Å². The molecular weight excluding hydrogens is 580 g/mol. The van der Waals surface area contributed by atoms with Gasteiger partial charge in [-0.05, 0) is 79.6 Å². The molecule has 0 saturated carbocycles. The highest BCUT2D eigenvalue weighted by atomic mass is 19.1. The van der Waals surface area contributed by atoms with Gasteiger partial charge in [-0.2, -0.15) is 0 Å². The van der Waals surface area contributed by atoms with Crippen LogP contribution in [0.5, 0.6) is 0 Å². The number of hydrogen-bond donors (Lipinski definition) is 3. The van der Waals surface area contributed by atoms with Crippen LogP contribution in [0.25, 0.3) is 0 Å². The van der Waals surface area contributed by atoms with E-state index in [0.29, 0.717) is 24.2 Å². The van der Waals surface area contributed by atoms with Crippen molar-refractivity contribution in [1.82, 2.24) is 15.5 Å². The maximum atomic E-state index is 14.0. The van der Waals surface area contributed by atoms with Gasteiger partial charge < -0.3 is 25.4 Å². The minimum Gasteiger partial charge on any atom is -0.391 e. The second kappa shape index (κ2) is 18.0. The molecule has 8 nitrogen and oxygen atoms in total. The molecule has 0 radical (unpaired) electrons. The number of aryl methyl sites for hydroxylation is 1. The maximum absolute atomic E-state index is 14.0. The number of carbonyl (C=O) groups excluding carboxylic acids is 3. The Bertz CT molecular complexity index is 1390. The van der Waals surface area contributed by atoms with Crippen LogP contribution in [0.1, 0.15) is 70.5 Å². The quantitative estimate of drug-likeness (QED) is 0.197. The molecule has 0 aliphatic carbocycles. The fourth-order valence-corrected chi connectivity index (χ4v) is 5.04. The first-order valence-corrected chi connectivity index (χ1v) is 15.3. The van der Waals surface area contributed by atoms with E-state index >= 15 is 0 Å². The zero-order valence-electron chi connectivity index (χ0n) is 26.2. The standard InChI is InChI=1S/C35H43F2N3O5/c1-4-13-40(14-5-2)35(44)28-16-24(3)15-27(20-28)34(43)39-31(19-26-17-29(36)21-30(37)18-26)32(41)11-12-38-33(42)23-45-22-25-9-7-6-8-10-25/h6-10,15-18,20-21,31-32,41H,4-5,11-14,19,22-23H2,1-3H3,(H,38,42)(H,39,43). The molecule has 0 aromatic heterocycles. The number of nitrogens with one attached hydrogen (secondary N) is 2. The molecule has 2 unspecified atom stereocenters. The molecule has 3 aromatic rings. The van der Waals surface area contributed by atoms with Crippen molar-refractivity contribution in [2.45, 2.75) is 65.2 Å². The van der Waals surface area contributed by atoms with Gasteiger partial charge in [-0.1, -0.05) is 44.2 Å². The van der Waals surface area contributed by atoms with E-state index in [4.69, 9.17) is 4.74 Å². The Labute approximate surface area is 263 Å². The van der Waals surface area contributed by atoms with Gasteiger partial charge in [-0.15, -0.1) is 0 Å². The topological polar surface area (TPSA) is 108 Å². The van der Waals surface area contributed by atoms with Crippen molar-refractivity contribution in [3.63, 3.8) is 0 Å². The van der Waals surface area contributed by atoms with Crippen LogP contribution in [0.15, 0.2) is 66.7 Å². The van der Waals surface area contributed by atoms with Crippen molar-refractivity contribution in [2.75, 3.05) is 26.2 Å². The highest BCUT2D eigenvalue weighted by Gasteiger charge is 2.24. The van der Waals surface area contributed by atoms with E-state index in [1.54, 1.807) is 24.0 Å². The van der Waals surface area contributed by atoms with Gasteiger partial charge in [0.1, 0.15) is 18.2 Å². The summed E-state index contributed by atoms with van der Waals surface area (Å²) in [6, 6.07) is 16.4. The van der Waals surface area contributed by atoms with Gasteiger partial charge in [0.2, 0.25) is 5.91 Å². The average Bonchev–Trinajstić information content (AvgIpc) is 3.00. The van der Waals surface area contributed by atoms with Crippen LogP contribution in [0.3, 0.4) is 0 Å². The summed E-state index contributed by atoms with van der Waals surface area (Å²) >= 11 is 0. The third-order valence-corrected chi connectivity index (χ3v) is 7.13. The normalized spacial score (nSPS) is 12.3. The monoisotopic (exact) mass is 623 g/mol. The molecule has 0 heterocycles. The van der Waals surface area contributed by atoms with Crippen LogP contribution < -0.4 is 10.6 Å². The summed E-state index contributed by atoms with van der Waals surface area (Å²) in [5.74, 6) is -2.66. The molecule has 2 atom stereocenters. The fraction of sp³-hybridized carbons (Fsp3) is 0.400. The van der Waals surface area contributed by atoms with Crippen molar-refractivity contribution < 1.29 is 33.0 Å². The first-order chi connectivity index (χ1) is 21.6. The molecule has 10 heteroatoms. The number of aliphatic hydroxyl groups is 1. The lowest BCUT2D eigenvalue weighted by Gasteiger charge is -2.25. The minimum atomic E-state index is -1.18. The van der Waals surface area contributed by atoms with Gasteiger partial charge >= 0.3 is 0 Å². The van der Waals surface area contributed by atoms with Crippen molar-refractivity contribution in [1.29, 1.82) is 0 Å². The van der Waals surface area contributed by atoms with Gasteiger partial charge in [-0.25, -0.2) is 8.78 Å². The van der Waals surface area contributed by atoms with Crippen LogP contribution in [-0.2, 0) is 22.6 Å². The van der Waals surface area contributed by atoms with Gasteiger partial charge in [0.15, 0.2) is 0 Å². The summed E-state index contributed by atoms with van der Waals surface area (Å²) in [5.41, 5.74) is 2.48. The van der Waals surface area contributed by atoms with Gasteiger partial charge in [0.05, 0.1) is 18.8 Å². The number of nitrogens with zero attached hydrogens (tertiary/aromatic N) is 1. The molecule has 0 saturated heterocycles. The number of amides is 3. The van der Waals surface area contributed by atoms with E-state index in [-0.39, 0.29) is 55.5 Å². The van der Waals surface area contributed by atoms with Crippen LogP contribution in [0.2, 0.25) is 0 Å². The third-order valence-electron chi connectivity index (χ3n) is 7.13. The number of aliphatic hydroxyl groups excluding tert-OH is 1. The third kappa shape index (κ3) is 11.7. The smallest absolute Gasteiger partial charge is 0.253 e. The van der Waals surface area contributed by atoms with Crippen molar-refractivity contribution >= 4 is 17.7 Å². The van der Waals surface area contributed by atoms with E-state index in [0.717, 1.165) is 36.6 Å². The van der Waals surface area contributed by atoms with E-state index in [1.807, 2.05) is 44.2 Å². The Kier molecular flexibility index (Phi) is 14.1. The summed E-state index contributed by atoms with van der Waals surface area (Å²) in [7, 11) is 0. The molecule has 3 rings (SSSR count). The maximum Gasteiger partial charge on any atom is 0.253 e. The molecule has 3 N–H and O–H groups in total. The van der Waals surface area contributed by atoms with Crippen LogP contribution in [0, 0.1) is 18.6 Å². The number of halogens is 2. The largest absolute Gasteiger partial charge is 0.391 e. The van der Waals surface area contributed by atoms with Gasteiger partial charge in [0.25, 0.3) is 11.8 Å². The number of carbonyl (C=O) groups is 3. The van der Waals surface area contributed by atoms with E-state index in [9.17, 15) is 28.3 Å². The molecule has 242 valence electrons. The molecule has 0 bridgehead atoms. The highest BCUT2D eigenvalue weighted by molar-refractivity contribution is 6.00. The molecule has 0 fully saturated rings. The van der Waals surface area contributed by atoms with Gasteiger partial charge in [0, 0.05) is 36.8 Å². The van der Waals surface area contributed by atoms with Gasteiger partial charge in [-0.3, -0.25) is 14.4 Å². The fourth-order valence-electron chi connectivity index (χ4n) is 5.04. The highest BCUT2D eigenvalue weighted by Crippen LogP contribution is 2.17. The first-order valence-electron chi connectivity index (χ1n) is 15.3. The molecule has 45 heavy (non-hydrogen) atoms. The second-order valence-corrected chi connectivity index (χ2v) is 11.1. The van der Waals surface area contributed by atoms with Crippen LogP contribution in [0.4, 0.5) is 8.78 Å². The van der Waals surface area contributed by atoms with E-state index in [1.165, 1.54) is 6.07 Å². The molecule has 3 amide bonds. The minimum absolute atomic E-state index is 0.0493. The summed E-state index contributed by atoms with van der Waals surface area (Å²) in [5, 5.41) is 16.6. The molecule has 3 aromatic carbocycles. The lowest BCUT2D eigenvalue weighted by molar-refractivity contribution is -0.126. The Hall–Kier alpha value is -4.15. The summed E-state index contributed by atoms with van der Waals surface area (Å²) in [6.45, 7) is 7.13. The lowest BCUT2D eigenvalue weighted by atomic mass is 9.97. The Morgan fingerprint density at radius 3 is 2.18 bits per heavy atom. The Balaban J connectivity index is 1.69. The average molecular weight is 624 g/mol. The molecule has 0 aliphatic heterocycles. The first kappa shape index (κ1) is 35.3. The van der Waals surface area contributed by atoms with Crippen molar-refractivity contribution in [3.8, 4) is 0 Å². The summed E-state index contributed by atoms with van der Waals surface area (Å²) < 4.78 is 33.4. The number of benzene rings is 3. The second-order valence-electron chi connectivity index (χ2n) is 11.1. The summed E-state index contributed by atoms with van der Waals surface area (Å²) in [4.78, 5) is 40.7. The Morgan fingerprint density at radius 1 is 0.889 bits per heavy atom. The zero-order chi connectivity index (χ0) is 32.8.